The van der Waals surface area contributed by atoms with Crippen LogP contribution >= 0.6 is 0 Å². The van der Waals surface area contributed by atoms with Crippen molar-refractivity contribution in [2.45, 2.75) is 20.3 Å². The zero-order valence-electron chi connectivity index (χ0n) is 7.32. The number of hydrogen-bond acceptors (Lipinski definition) is 3. The molecular formula is C9H12N2O. The summed E-state index contributed by atoms with van der Waals surface area (Å²) in [6.07, 6.45) is 3.69. The normalized spacial score (nSPS) is 10.2. The van der Waals surface area contributed by atoms with Crippen LogP contribution in [0, 0.1) is 5.92 Å². The van der Waals surface area contributed by atoms with Crippen molar-refractivity contribution in [1.82, 2.24) is 10.2 Å². The van der Waals surface area contributed by atoms with Crippen LogP contribution < -0.4 is 0 Å². The Morgan fingerprint density at radius 2 is 2.25 bits per heavy atom. The summed E-state index contributed by atoms with van der Waals surface area (Å²) < 4.78 is 0. The van der Waals surface area contributed by atoms with E-state index in [9.17, 15) is 4.79 Å². The van der Waals surface area contributed by atoms with Crippen molar-refractivity contribution in [2.24, 2.45) is 5.92 Å². The third kappa shape index (κ3) is 2.42. The summed E-state index contributed by atoms with van der Waals surface area (Å²) in [4.78, 5) is 11.3. The third-order valence-electron chi connectivity index (χ3n) is 1.67. The van der Waals surface area contributed by atoms with Gasteiger partial charge in [-0.05, 0) is 11.6 Å². The van der Waals surface area contributed by atoms with E-state index >= 15 is 0 Å². The Labute approximate surface area is 71.8 Å². The van der Waals surface area contributed by atoms with Crippen molar-refractivity contribution in [3.63, 3.8) is 0 Å². The molecule has 0 aromatic carbocycles. The van der Waals surface area contributed by atoms with E-state index in [2.05, 4.69) is 10.2 Å². The molecule has 0 atom stereocenters. The highest BCUT2D eigenvalue weighted by molar-refractivity contribution is 5.82. The van der Waals surface area contributed by atoms with Crippen molar-refractivity contribution < 1.29 is 4.79 Å². The molecule has 0 radical (unpaired) electrons. The van der Waals surface area contributed by atoms with Crippen molar-refractivity contribution in [2.75, 3.05) is 0 Å². The lowest BCUT2D eigenvalue weighted by Gasteiger charge is -2.02. The molecule has 0 fully saturated rings. The molecule has 64 valence electrons. The molecule has 0 unspecified atom stereocenters. The molecular weight excluding hydrogens is 152 g/mol. The average Bonchev–Trinajstić information content (AvgIpc) is 2.06. The summed E-state index contributed by atoms with van der Waals surface area (Å²) in [5.41, 5.74) is 0.934. The van der Waals surface area contributed by atoms with Gasteiger partial charge in [-0.25, -0.2) is 0 Å². The van der Waals surface area contributed by atoms with Crippen LogP contribution in [0.4, 0.5) is 0 Å². The lowest BCUT2D eigenvalue weighted by molar-refractivity contribution is -0.121. The Balaban J connectivity index is 2.59. The summed E-state index contributed by atoms with van der Waals surface area (Å²) in [5, 5.41) is 7.33. The van der Waals surface area contributed by atoms with Gasteiger partial charge >= 0.3 is 0 Å². The smallest absolute Gasteiger partial charge is 0.139 e. The standard InChI is InChI=1S/C9H12N2O/c1-7(2)9(12)5-8-3-4-10-11-6-8/h3-4,6-7H,5H2,1-2H3. The minimum Gasteiger partial charge on any atom is -0.299 e. The predicted molar refractivity (Wildman–Crippen MR) is 45.6 cm³/mol. The zero-order valence-corrected chi connectivity index (χ0v) is 7.32. The second-order valence-corrected chi connectivity index (χ2v) is 3.05. The first-order valence-corrected chi connectivity index (χ1v) is 3.98. The van der Waals surface area contributed by atoms with Gasteiger partial charge in [-0.15, -0.1) is 0 Å². The Morgan fingerprint density at radius 1 is 1.50 bits per heavy atom. The number of ketones is 1. The molecule has 3 heteroatoms. The molecule has 12 heavy (non-hydrogen) atoms. The van der Waals surface area contributed by atoms with Crippen LogP contribution in [-0.2, 0) is 11.2 Å². The molecule has 0 saturated heterocycles. The minimum absolute atomic E-state index is 0.0955. The maximum atomic E-state index is 11.3. The summed E-state index contributed by atoms with van der Waals surface area (Å²) in [6, 6.07) is 1.81. The highest BCUT2D eigenvalue weighted by Gasteiger charge is 2.07. The Morgan fingerprint density at radius 3 is 2.75 bits per heavy atom. The molecule has 1 heterocycles. The van der Waals surface area contributed by atoms with Crippen LogP contribution in [0.2, 0.25) is 0 Å². The molecule has 0 aliphatic carbocycles. The second kappa shape index (κ2) is 3.95. The Bertz CT molecular complexity index is 256. The summed E-state index contributed by atoms with van der Waals surface area (Å²) in [6.45, 7) is 3.80. The molecule has 0 saturated carbocycles. The van der Waals surface area contributed by atoms with E-state index in [1.807, 2.05) is 19.9 Å². The Hall–Kier alpha value is -1.25. The van der Waals surface area contributed by atoms with Gasteiger partial charge in [0.15, 0.2) is 0 Å². The first-order valence-electron chi connectivity index (χ1n) is 3.98. The van der Waals surface area contributed by atoms with E-state index in [0.29, 0.717) is 6.42 Å². The van der Waals surface area contributed by atoms with Gasteiger partial charge in [0.1, 0.15) is 5.78 Å². The van der Waals surface area contributed by atoms with Gasteiger partial charge in [0.25, 0.3) is 0 Å². The molecule has 0 bridgehead atoms. The van der Waals surface area contributed by atoms with Gasteiger partial charge < -0.3 is 0 Å². The molecule has 1 rings (SSSR count). The summed E-state index contributed by atoms with van der Waals surface area (Å²) in [5.74, 6) is 0.334. The summed E-state index contributed by atoms with van der Waals surface area (Å²) in [7, 11) is 0. The number of nitrogens with zero attached hydrogens (tertiary/aromatic N) is 2. The fourth-order valence-corrected chi connectivity index (χ4v) is 0.828. The van der Waals surface area contributed by atoms with Gasteiger partial charge in [-0.1, -0.05) is 13.8 Å². The van der Waals surface area contributed by atoms with Gasteiger partial charge in [-0.3, -0.25) is 4.79 Å². The number of carbonyl (C=O) groups is 1. The Kier molecular flexibility index (Phi) is 2.91. The molecule has 0 aliphatic heterocycles. The highest BCUT2D eigenvalue weighted by Crippen LogP contribution is 2.02. The molecule has 1 aromatic heterocycles. The van der Waals surface area contributed by atoms with Gasteiger partial charge in [0.05, 0.1) is 6.20 Å². The monoisotopic (exact) mass is 164 g/mol. The van der Waals surface area contributed by atoms with Crippen molar-refractivity contribution in [3.8, 4) is 0 Å². The first kappa shape index (κ1) is 8.84. The largest absolute Gasteiger partial charge is 0.299 e. The fraction of sp³-hybridized carbons (Fsp3) is 0.444. The lowest BCUT2D eigenvalue weighted by Crippen LogP contribution is -2.10. The van der Waals surface area contributed by atoms with Gasteiger partial charge in [0, 0.05) is 18.5 Å². The molecule has 0 spiro atoms. The van der Waals surface area contributed by atoms with Gasteiger partial charge in [-0.2, -0.15) is 10.2 Å². The zero-order chi connectivity index (χ0) is 8.97. The number of Topliss-reactive ketones (excluding diaryl/α,β-unsaturated/α-hetero) is 1. The highest BCUT2D eigenvalue weighted by atomic mass is 16.1. The van der Waals surface area contributed by atoms with Gasteiger partial charge in [0.2, 0.25) is 0 Å². The van der Waals surface area contributed by atoms with Crippen LogP contribution in [-0.4, -0.2) is 16.0 Å². The maximum Gasteiger partial charge on any atom is 0.139 e. The van der Waals surface area contributed by atoms with E-state index in [1.165, 1.54) is 0 Å². The SMILES string of the molecule is CC(C)C(=O)Cc1ccnnc1. The second-order valence-electron chi connectivity index (χ2n) is 3.05. The maximum absolute atomic E-state index is 11.3. The molecule has 0 amide bonds. The number of carbonyl (C=O) groups excluding carboxylic acids is 1. The van der Waals surface area contributed by atoms with E-state index in [1.54, 1.807) is 12.4 Å². The molecule has 3 nitrogen and oxygen atoms in total. The van der Waals surface area contributed by atoms with E-state index in [-0.39, 0.29) is 11.7 Å². The van der Waals surface area contributed by atoms with Crippen molar-refractivity contribution in [3.05, 3.63) is 24.0 Å². The van der Waals surface area contributed by atoms with Crippen LogP contribution in [0.1, 0.15) is 19.4 Å². The van der Waals surface area contributed by atoms with Crippen LogP contribution in [0.25, 0.3) is 0 Å². The van der Waals surface area contributed by atoms with Crippen molar-refractivity contribution in [1.29, 1.82) is 0 Å². The van der Waals surface area contributed by atoms with Crippen molar-refractivity contribution >= 4 is 5.78 Å². The van der Waals surface area contributed by atoms with E-state index in [4.69, 9.17) is 0 Å². The average molecular weight is 164 g/mol. The van der Waals surface area contributed by atoms with E-state index < -0.39 is 0 Å². The minimum atomic E-state index is 0.0955. The molecule has 0 N–H and O–H groups in total. The predicted octanol–water partition coefficient (Wildman–Crippen LogP) is 1.24. The quantitative estimate of drug-likeness (QED) is 0.675. The van der Waals surface area contributed by atoms with Crippen LogP contribution in [0.3, 0.4) is 0 Å². The number of rotatable bonds is 3. The third-order valence-corrected chi connectivity index (χ3v) is 1.67. The topological polar surface area (TPSA) is 42.9 Å². The number of hydrogen-bond donors (Lipinski definition) is 0. The number of aromatic nitrogens is 2. The van der Waals surface area contributed by atoms with Crippen LogP contribution in [0.5, 0.6) is 0 Å². The fourth-order valence-electron chi connectivity index (χ4n) is 0.828. The first-order chi connectivity index (χ1) is 5.70. The lowest BCUT2D eigenvalue weighted by atomic mass is 10.0. The van der Waals surface area contributed by atoms with Crippen LogP contribution in [0.15, 0.2) is 18.5 Å². The van der Waals surface area contributed by atoms with E-state index in [0.717, 1.165) is 5.56 Å². The molecule has 1 aromatic rings. The molecule has 0 aliphatic rings. The summed E-state index contributed by atoms with van der Waals surface area (Å²) >= 11 is 0.